The van der Waals surface area contributed by atoms with Crippen LogP contribution in [0.4, 0.5) is 0 Å². The number of nitrogens with one attached hydrogen (secondary N) is 2. The van der Waals surface area contributed by atoms with Gasteiger partial charge < -0.3 is 9.72 Å². The second-order valence-electron chi connectivity index (χ2n) is 4.95. The molecule has 0 aliphatic carbocycles. The number of hydrogen-bond acceptors (Lipinski definition) is 4. The van der Waals surface area contributed by atoms with Crippen molar-refractivity contribution >= 4 is 21.8 Å². The summed E-state index contributed by atoms with van der Waals surface area (Å²) in [5, 5.41) is 8.31. The van der Waals surface area contributed by atoms with Crippen LogP contribution in [0.3, 0.4) is 0 Å². The lowest BCUT2D eigenvalue weighted by Crippen LogP contribution is -2.06. The molecule has 2 aromatic heterocycles. The molecule has 0 radical (unpaired) electrons. The van der Waals surface area contributed by atoms with Crippen LogP contribution in [-0.2, 0) is 0 Å². The Hall–Kier alpha value is -3.15. The molecule has 0 bridgehead atoms. The van der Waals surface area contributed by atoms with Crippen LogP contribution in [0.25, 0.3) is 33.2 Å². The van der Waals surface area contributed by atoms with Crippen molar-refractivity contribution in [1.29, 1.82) is 0 Å². The lowest BCUT2D eigenvalue weighted by molar-refractivity contribution is 0.417. The number of nitrogens with zero attached hydrogens (tertiary/aromatic N) is 2. The average molecular weight is 292 g/mol. The number of benzene rings is 2. The summed E-state index contributed by atoms with van der Waals surface area (Å²) in [6.07, 6.45) is 1.54. The van der Waals surface area contributed by atoms with Crippen LogP contribution >= 0.6 is 0 Å². The highest BCUT2D eigenvalue weighted by Gasteiger charge is 2.13. The van der Waals surface area contributed by atoms with E-state index in [0.29, 0.717) is 22.6 Å². The maximum atomic E-state index is 11.8. The summed E-state index contributed by atoms with van der Waals surface area (Å²) < 4.78 is 5.47. The van der Waals surface area contributed by atoms with Crippen LogP contribution in [0.15, 0.2) is 47.4 Å². The van der Waals surface area contributed by atoms with E-state index in [1.165, 1.54) is 0 Å². The molecule has 0 amide bonds. The summed E-state index contributed by atoms with van der Waals surface area (Å²) >= 11 is 0. The molecule has 0 fully saturated rings. The summed E-state index contributed by atoms with van der Waals surface area (Å²) in [6, 6.07) is 12.0. The fourth-order valence-corrected chi connectivity index (χ4v) is 2.56. The molecule has 0 atom stereocenters. The number of imidazole rings is 1. The Morgan fingerprint density at radius 2 is 1.91 bits per heavy atom. The first kappa shape index (κ1) is 12.6. The molecule has 0 spiro atoms. The standard InChI is InChI=1S/C16H12N4O2/c1-22-13-7-10-5-3-2-4-9(10)6-11(13)15-18-12-8-17-20-16(21)14(12)19-15/h2-8H,1H3,(H,18,19)(H,20,21). The summed E-state index contributed by atoms with van der Waals surface area (Å²) in [5.41, 5.74) is 1.41. The van der Waals surface area contributed by atoms with E-state index in [-0.39, 0.29) is 5.56 Å². The monoisotopic (exact) mass is 292 g/mol. The Bertz CT molecular complexity index is 1050. The van der Waals surface area contributed by atoms with Crippen LogP contribution in [0, 0.1) is 0 Å². The van der Waals surface area contributed by atoms with E-state index < -0.39 is 0 Å². The third-order valence-corrected chi connectivity index (χ3v) is 3.63. The Morgan fingerprint density at radius 3 is 2.64 bits per heavy atom. The normalized spacial score (nSPS) is 11.1. The highest BCUT2D eigenvalue weighted by Crippen LogP contribution is 2.33. The first-order chi connectivity index (χ1) is 10.8. The van der Waals surface area contributed by atoms with Crippen molar-refractivity contribution in [2.45, 2.75) is 0 Å². The maximum Gasteiger partial charge on any atom is 0.292 e. The topological polar surface area (TPSA) is 83.7 Å². The summed E-state index contributed by atoms with van der Waals surface area (Å²) in [4.78, 5) is 19.3. The van der Waals surface area contributed by atoms with Gasteiger partial charge in [-0.05, 0) is 22.9 Å². The molecule has 2 aromatic carbocycles. The molecule has 2 heterocycles. The quantitative estimate of drug-likeness (QED) is 0.594. The molecule has 0 aliphatic rings. The van der Waals surface area contributed by atoms with Crippen LogP contribution in [0.5, 0.6) is 5.75 Å². The third kappa shape index (κ3) is 1.85. The molecule has 0 aliphatic heterocycles. The fraction of sp³-hybridized carbons (Fsp3) is 0.0625. The third-order valence-electron chi connectivity index (χ3n) is 3.63. The first-order valence-electron chi connectivity index (χ1n) is 6.77. The summed E-state index contributed by atoms with van der Waals surface area (Å²) in [6.45, 7) is 0. The number of aromatic amines is 2. The van der Waals surface area contributed by atoms with Gasteiger partial charge in [0.2, 0.25) is 0 Å². The predicted octanol–water partition coefficient (Wildman–Crippen LogP) is 2.47. The van der Waals surface area contributed by atoms with E-state index >= 15 is 0 Å². The molecule has 22 heavy (non-hydrogen) atoms. The first-order valence-corrected chi connectivity index (χ1v) is 6.77. The lowest BCUT2D eigenvalue weighted by Gasteiger charge is -2.08. The molecule has 6 nitrogen and oxygen atoms in total. The van der Waals surface area contributed by atoms with Gasteiger partial charge in [-0.3, -0.25) is 4.79 Å². The Morgan fingerprint density at radius 1 is 1.14 bits per heavy atom. The smallest absolute Gasteiger partial charge is 0.292 e. The van der Waals surface area contributed by atoms with Crippen molar-refractivity contribution in [2.75, 3.05) is 7.11 Å². The van der Waals surface area contributed by atoms with Gasteiger partial charge in [0.1, 0.15) is 11.6 Å². The Balaban J connectivity index is 2.02. The van der Waals surface area contributed by atoms with Crippen LogP contribution in [0.2, 0.25) is 0 Å². The van der Waals surface area contributed by atoms with Crippen molar-refractivity contribution in [3.8, 4) is 17.1 Å². The van der Waals surface area contributed by atoms with Crippen LogP contribution in [-0.4, -0.2) is 27.3 Å². The number of fused-ring (bicyclic) bond motifs is 2. The van der Waals surface area contributed by atoms with Gasteiger partial charge in [-0.25, -0.2) is 10.1 Å². The van der Waals surface area contributed by atoms with Crippen molar-refractivity contribution < 1.29 is 4.74 Å². The zero-order chi connectivity index (χ0) is 15.1. The van der Waals surface area contributed by atoms with Gasteiger partial charge in [-0.1, -0.05) is 24.3 Å². The predicted molar refractivity (Wildman–Crippen MR) is 84.0 cm³/mol. The Labute approximate surface area is 124 Å². The van der Waals surface area contributed by atoms with Gasteiger partial charge in [0, 0.05) is 0 Å². The molecular formula is C16H12N4O2. The second-order valence-corrected chi connectivity index (χ2v) is 4.95. The highest BCUT2D eigenvalue weighted by molar-refractivity contribution is 5.90. The number of ether oxygens (including phenoxy) is 1. The largest absolute Gasteiger partial charge is 0.496 e. The molecule has 2 N–H and O–H groups in total. The minimum atomic E-state index is -0.320. The summed E-state index contributed by atoms with van der Waals surface area (Å²) in [7, 11) is 1.62. The van der Waals surface area contributed by atoms with Crippen molar-refractivity contribution in [3.05, 3.63) is 52.9 Å². The van der Waals surface area contributed by atoms with Crippen molar-refractivity contribution in [1.82, 2.24) is 20.2 Å². The minimum absolute atomic E-state index is 0.320. The van der Waals surface area contributed by atoms with E-state index in [2.05, 4.69) is 20.2 Å². The van der Waals surface area contributed by atoms with Gasteiger partial charge in [-0.2, -0.15) is 5.10 Å². The van der Waals surface area contributed by atoms with Gasteiger partial charge in [-0.15, -0.1) is 0 Å². The van der Waals surface area contributed by atoms with E-state index in [1.807, 2.05) is 36.4 Å². The molecule has 4 aromatic rings. The van der Waals surface area contributed by atoms with Gasteiger partial charge >= 0.3 is 0 Å². The number of H-pyrrole nitrogens is 2. The fourth-order valence-electron chi connectivity index (χ4n) is 2.56. The molecule has 0 unspecified atom stereocenters. The molecule has 0 saturated heterocycles. The second kappa shape index (κ2) is 4.70. The van der Waals surface area contributed by atoms with Crippen molar-refractivity contribution in [2.24, 2.45) is 0 Å². The van der Waals surface area contributed by atoms with Crippen molar-refractivity contribution in [3.63, 3.8) is 0 Å². The number of aromatic nitrogens is 4. The van der Waals surface area contributed by atoms with E-state index in [4.69, 9.17) is 4.74 Å². The summed E-state index contributed by atoms with van der Waals surface area (Å²) in [5.74, 6) is 1.28. The molecule has 6 heteroatoms. The van der Waals surface area contributed by atoms with E-state index in [9.17, 15) is 4.79 Å². The SMILES string of the molecule is COc1cc2ccccc2cc1-c1nc2c(=O)[nH]ncc2[nH]1. The van der Waals surface area contributed by atoms with Crippen LogP contribution in [0.1, 0.15) is 0 Å². The van der Waals surface area contributed by atoms with Gasteiger partial charge in [0.25, 0.3) is 5.56 Å². The van der Waals surface area contributed by atoms with E-state index in [0.717, 1.165) is 16.3 Å². The van der Waals surface area contributed by atoms with Crippen LogP contribution < -0.4 is 10.3 Å². The maximum absolute atomic E-state index is 11.8. The van der Waals surface area contributed by atoms with Gasteiger partial charge in [0.05, 0.1) is 24.4 Å². The molecular weight excluding hydrogens is 280 g/mol. The molecule has 0 saturated carbocycles. The zero-order valence-electron chi connectivity index (χ0n) is 11.8. The average Bonchev–Trinajstić information content (AvgIpc) is 2.99. The number of methoxy groups -OCH3 is 1. The number of hydrogen-bond donors (Lipinski definition) is 2. The minimum Gasteiger partial charge on any atom is -0.496 e. The molecule has 4 rings (SSSR count). The Kier molecular flexibility index (Phi) is 2.69. The highest BCUT2D eigenvalue weighted by atomic mass is 16.5. The van der Waals surface area contributed by atoms with E-state index in [1.54, 1.807) is 13.3 Å². The number of rotatable bonds is 2. The molecule has 108 valence electrons. The van der Waals surface area contributed by atoms with Gasteiger partial charge in [0.15, 0.2) is 5.52 Å². The lowest BCUT2D eigenvalue weighted by atomic mass is 10.1. The zero-order valence-corrected chi connectivity index (χ0v) is 11.8.